The van der Waals surface area contributed by atoms with Crippen LogP contribution in [-0.4, -0.2) is 36.6 Å². The van der Waals surface area contributed by atoms with E-state index in [1.54, 1.807) is 38.1 Å². The number of benzene rings is 2. The molecule has 0 amide bonds. The number of pyridine rings is 1. The summed E-state index contributed by atoms with van der Waals surface area (Å²) in [6.07, 6.45) is 1.68. The summed E-state index contributed by atoms with van der Waals surface area (Å²) in [5.41, 5.74) is 3.76. The lowest BCUT2D eigenvalue weighted by molar-refractivity contribution is 0.160. The fraction of sp³-hybridized carbons (Fsp3) is 0.217. The molecule has 2 aromatic heterocycles. The largest absolute Gasteiger partial charge is 0.497 e. The molecule has 7 nitrogen and oxygen atoms in total. The maximum atomic E-state index is 13.1. The van der Waals surface area contributed by atoms with Crippen molar-refractivity contribution in [2.24, 2.45) is 12.2 Å². The van der Waals surface area contributed by atoms with Crippen molar-refractivity contribution in [2.45, 2.75) is 6.92 Å². The van der Waals surface area contributed by atoms with Crippen molar-refractivity contribution in [1.29, 1.82) is 0 Å². The Hall–Kier alpha value is -3.74. The van der Waals surface area contributed by atoms with Crippen LogP contribution in [0.4, 0.5) is 0 Å². The molecular formula is C23H23N3O4. The van der Waals surface area contributed by atoms with Crippen molar-refractivity contribution in [1.82, 2.24) is 9.55 Å². The third kappa shape index (κ3) is 3.28. The van der Waals surface area contributed by atoms with E-state index in [1.165, 1.54) is 0 Å². The first-order valence-corrected chi connectivity index (χ1v) is 9.60. The lowest BCUT2D eigenvalue weighted by Gasteiger charge is -2.12. The lowest BCUT2D eigenvalue weighted by atomic mass is 10.0. The maximum absolute atomic E-state index is 13.1. The summed E-state index contributed by atoms with van der Waals surface area (Å²) < 4.78 is 12.4. The fourth-order valence-corrected chi connectivity index (χ4v) is 3.58. The Morgan fingerprint density at radius 2 is 1.87 bits per heavy atom. The van der Waals surface area contributed by atoms with Gasteiger partial charge in [-0.25, -0.2) is 0 Å². The Kier molecular flexibility index (Phi) is 5.18. The van der Waals surface area contributed by atoms with Crippen LogP contribution < -0.4 is 15.0 Å². The minimum atomic E-state index is -0.115. The van der Waals surface area contributed by atoms with E-state index < -0.39 is 0 Å². The Morgan fingerprint density at radius 1 is 1.03 bits per heavy atom. The van der Waals surface area contributed by atoms with Gasteiger partial charge in [-0.2, -0.15) is 0 Å². The van der Waals surface area contributed by atoms with Gasteiger partial charge >= 0.3 is 0 Å². The standard InChI is InChI=1S/C23H23N3O4/c1-5-30-24-13-14-6-9-20-17(10-14)18-12-19(23(27)26(2)22(18)25-20)16-8-7-15(28-3)11-21(16)29-4/h6-13,25H,5H2,1-4H3. The Bertz CT molecular complexity index is 1320. The number of nitrogens with one attached hydrogen (secondary N) is 1. The first-order valence-electron chi connectivity index (χ1n) is 9.60. The average molecular weight is 405 g/mol. The van der Waals surface area contributed by atoms with Crippen LogP contribution in [0.15, 0.2) is 52.4 Å². The summed E-state index contributed by atoms with van der Waals surface area (Å²) >= 11 is 0. The number of H-pyrrole nitrogens is 1. The molecule has 0 unspecified atom stereocenters. The SMILES string of the molecule is CCON=Cc1ccc2[nH]c3c(cc(-c4ccc(OC)cc4OC)c(=O)n3C)c2c1. The van der Waals surface area contributed by atoms with Crippen LogP contribution in [0.25, 0.3) is 33.1 Å². The molecule has 1 N–H and O–H groups in total. The number of aryl methyl sites for hydroxylation is 1. The van der Waals surface area contributed by atoms with Crippen LogP contribution in [-0.2, 0) is 11.9 Å². The molecule has 0 atom stereocenters. The van der Waals surface area contributed by atoms with Gasteiger partial charge in [0.05, 0.1) is 26.0 Å². The predicted octanol–water partition coefficient (Wildman–Crippen LogP) is 4.07. The summed E-state index contributed by atoms with van der Waals surface area (Å²) in [4.78, 5) is 21.6. The van der Waals surface area contributed by atoms with Gasteiger partial charge < -0.3 is 19.3 Å². The second-order valence-corrected chi connectivity index (χ2v) is 6.83. The normalized spacial score (nSPS) is 11.5. The highest BCUT2D eigenvalue weighted by Gasteiger charge is 2.16. The number of methoxy groups -OCH3 is 2. The molecule has 0 radical (unpaired) electrons. The van der Waals surface area contributed by atoms with E-state index in [2.05, 4.69) is 10.1 Å². The number of aromatic amines is 1. The molecule has 0 aliphatic carbocycles. The van der Waals surface area contributed by atoms with Gasteiger partial charge in [0, 0.05) is 35.0 Å². The first kappa shape index (κ1) is 19.6. The second-order valence-electron chi connectivity index (χ2n) is 6.83. The van der Waals surface area contributed by atoms with Crippen molar-refractivity contribution in [3.8, 4) is 22.6 Å². The molecule has 0 fully saturated rings. The molecule has 4 rings (SSSR count). The van der Waals surface area contributed by atoms with Gasteiger partial charge in [0.15, 0.2) is 0 Å². The van der Waals surface area contributed by atoms with Crippen LogP contribution in [0.2, 0.25) is 0 Å². The van der Waals surface area contributed by atoms with Crippen molar-refractivity contribution in [2.75, 3.05) is 20.8 Å². The molecule has 0 aliphatic rings. The van der Waals surface area contributed by atoms with Gasteiger partial charge in [0.2, 0.25) is 0 Å². The van der Waals surface area contributed by atoms with Crippen molar-refractivity contribution >= 4 is 28.2 Å². The van der Waals surface area contributed by atoms with Gasteiger partial charge in [-0.1, -0.05) is 11.2 Å². The molecule has 0 bridgehead atoms. The summed E-state index contributed by atoms with van der Waals surface area (Å²) in [6.45, 7) is 2.40. The summed E-state index contributed by atoms with van der Waals surface area (Å²) in [7, 11) is 4.94. The number of hydrogen-bond donors (Lipinski definition) is 1. The third-order valence-electron chi connectivity index (χ3n) is 5.11. The maximum Gasteiger partial charge on any atom is 0.259 e. The molecule has 2 aromatic carbocycles. The molecule has 154 valence electrons. The van der Waals surface area contributed by atoms with Crippen LogP contribution in [0.1, 0.15) is 12.5 Å². The van der Waals surface area contributed by atoms with Crippen LogP contribution >= 0.6 is 0 Å². The van der Waals surface area contributed by atoms with Gasteiger partial charge in [-0.05, 0) is 42.8 Å². The van der Waals surface area contributed by atoms with Crippen molar-refractivity contribution in [3.63, 3.8) is 0 Å². The number of hydrogen-bond acceptors (Lipinski definition) is 5. The molecule has 7 heteroatoms. The molecule has 2 heterocycles. The highest BCUT2D eigenvalue weighted by Crippen LogP contribution is 2.34. The zero-order valence-electron chi connectivity index (χ0n) is 17.4. The Balaban J connectivity index is 1.96. The Labute approximate surface area is 173 Å². The minimum Gasteiger partial charge on any atom is -0.497 e. The van der Waals surface area contributed by atoms with E-state index in [9.17, 15) is 4.79 Å². The lowest BCUT2D eigenvalue weighted by Crippen LogP contribution is -2.19. The molecule has 0 aliphatic heterocycles. The van der Waals surface area contributed by atoms with Crippen LogP contribution in [0.3, 0.4) is 0 Å². The van der Waals surface area contributed by atoms with E-state index in [1.807, 2.05) is 43.3 Å². The van der Waals surface area contributed by atoms with E-state index in [-0.39, 0.29) is 5.56 Å². The minimum absolute atomic E-state index is 0.115. The highest BCUT2D eigenvalue weighted by molar-refractivity contribution is 6.08. The number of aromatic nitrogens is 2. The van der Waals surface area contributed by atoms with Crippen molar-refractivity contribution < 1.29 is 14.3 Å². The zero-order valence-corrected chi connectivity index (χ0v) is 17.4. The molecule has 30 heavy (non-hydrogen) atoms. The van der Waals surface area contributed by atoms with Crippen LogP contribution in [0, 0.1) is 0 Å². The molecule has 0 saturated heterocycles. The second kappa shape index (κ2) is 7.94. The smallest absolute Gasteiger partial charge is 0.259 e. The average Bonchev–Trinajstić information content (AvgIpc) is 3.14. The zero-order chi connectivity index (χ0) is 21.3. The third-order valence-corrected chi connectivity index (χ3v) is 5.11. The summed E-state index contributed by atoms with van der Waals surface area (Å²) in [6, 6.07) is 13.3. The van der Waals surface area contributed by atoms with E-state index in [0.29, 0.717) is 29.2 Å². The highest BCUT2D eigenvalue weighted by atomic mass is 16.6. The molecular weight excluding hydrogens is 382 g/mol. The van der Waals surface area contributed by atoms with Gasteiger partial charge in [-0.15, -0.1) is 0 Å². The first-order chi connectivity index (χ1) is 14.6. The number of oxime groups is 1. The van der Waals surface area contributed by atoms with Gasteiger partial charge in [0.25, 0.3) is 5.56 Å². The number of rotatable bonds is 6. The summed E-state index contributed by atoms with van der Waals surface area (Å²) in [5.74, 6) is 1.24. The summed E-state index contributed by atoms with van der Waals surface area (Å²) in [5, 5.41) is 5.88. The topological polar surface area (TPSA) is 77.8 Å². The Morgan fingerprint density at radius 3 is 2.60 bits per heavy atom. The number of nitrogens with zero attached hydrogens (tertiary/aromatic N) is 2. The number of fused-ring (bicyclic) bond motifs is 3. The predicted molar refractivity (Wildman–Crippen MR) is 119 cm³/mol. The van der Waals surface area contributed by atoms with Gasteiger partial charge in [-0.3, -0.25) is 9.36 Å². The van der Waals surface area contributed by atoms with Crippen molar-refractivity contribution in [3.05, 3.63) is 58.4 Å². The molecule has 0 spiro atoms. The van der Waals surface area contributed by atoms with E-state index in [4.69, 9.17) is 14.3 Å². The van der Waals surface area contributed by atoms with E-state index in [0.717, 1.165) is 27.5 Å². The number of ether oxygens (including phenoxy) is 2. The monoisotopic (exact) mass is 405 g/mol. The quantitative estimate of drug-likeness (QED) is 0.387. The van der Waals surface area contributed by atoms with E-state index >= 15 is 0 Å². The fourth-order valence-electron chi connectivity index (χ4n) is 3.58. The molecule has 4 aromatic rings. The molecule has 0 saturated carbocycles. The van der Waals surface area contributed by atoms with Crippen LogP contribution in [0.5, 0.6) is 11.5 Å². The van der Waals surface area contributed by atoms with Gasteiger partial charge in [0.1, 0.15) is 23.8 Å².